The van der Waals surface area contributed by atoms with Gasteiger partial charge in [-0.3, -0.25) is 0 Å². The molecule has 0 spiro atoms. The highest BCUT2D eigenvalue weighted by Crippen LogP contribution is 2.37. The largest absolute Gasteiger partial charge is 0.457 e. The monoisotopic (exact) mass is 432 g/mol. The van der Waals surface area contributed by atoms with Crippen LogP contribution < -0.4 is 5.63 Å². The molecule has 0 amide bonds. The highest BCUT2D eigenvalue weighted by molar-refractivity contribution is 7.21. The zero-order valence-electron chi connectivity index (χ0n) is 15.0. The van der Waals surface area contributed by atoms with Crippen molar-refractivity contribution in [2.75, 3.05) is 0 Å². The third kappa shape index (κ3) is 3.30. The Hall–Kier alpha value is -2.34. The Balaban J connectivity index is 1.67. The summed E-state index contributed by atoms with van der Waals surface area (Å²) in [5.41, 5.74) is 2.51. The lowest BCUT2D eigenvalue weighted by Gasteiger charge is -2.09. The predicted octanol–water partition coefficient (Wildman–Crippen LogP) is 6.29. The number of ether oxygens (including phenoxy) is 1. The average molecular weight is 433 g/mol. The summed E-state index contributed by atoms with van der Waals surface area (Å²) in [5.74, 6) is -0.549. The molecule has 2 aromatic heterocycles. The fourth-order valence-electron chi connectivity index (χ4n) is 3.02. The number of halogens is 2. The van der Waals surface area contributed by atoms with E-state index in [1.165, 1.54) is 17.4 Å². The van der Waals surface area contributed by atoms with Gasteiger partial charge in [-0.2, -0.15) is 0 Å². The molecule has 0 aliphatic carbocycles. The average Bonchev–Trinajstić information content (AvgIpc) is 2.98. The first kappa shape index (κ1) is 19.0. The molecule has 0 unspecified atom stereocenters. The summed E-state index contributed by atoms with van der Waals surface area (Å²) in [6.07, 6.45) is 0. The van der Waals surface area contributed by atoms with Crippen molar-refractivity contribution in [2.45, 2.75) is 20.5 Å². The zero-order chi connectivity index (χ0) is 20.0. The molecule has 0 atom stereocenters. The standard InChI is InChI=1S/C21H14Cl2O4S/c1-10-3-5-14-12(7-17(24)27-19(14)11(10)2)9-26-21(25)20-18(23)15-6-4-13(22)8-16(15)28-20/h3-8H,9H2,1-2H3. The first-order valence-corrected chi connectivity index (χ1v) is 10.00. The molecule has 0 saturated carbocycles. The van der Waals surface area contributed by atoms with E-state index < -0.39 is 11.6 Å². The van der Waals surface area contributed by atoms with E-state index in [0.29, 0.717) is 26.1 Å². The fourth-order valence-corrected chi connectivity index (χ4v) is 4.70. The lowest BCUT2D eigenvalue weighted by Crippen LogP contribution is -2.07. The lowest BCUT2D eigenvalue weighted by molar-refractivity contribution is 0.0480. The number of rotatable bonds is 3. The quantitative estimate of drug-likeness (QED) is 0.282. The van der Waals surface area contributed by atoms with Gasteiger partial charge >= 0.3 is 11.6 Å². The van der Waals surface area contributed by atoms with Crippen molar-refractivity contribution < 1.29 is 13.9 Å². The van der Waals surface area contributed by atoms with Crippen LogP contribution in [0.5, 0.6) is 0 Å². The highest BCUT2D eigenvalue weighted by Gasteiger charge is 2.19. The number of hydrogen-bond donors (Lipinski definition) is 0. The van der Waals surface area contributed by atoms with Crippen molar-refractivity contribution in [3.8, 4) is 0 Å². The van der Waals surface area contributed by atoms with E-state index in [9.17, 15) is 9.59 Å². The molecule has 0 N–H and O–H groups in total. The topological polar surface area (TPSA) is 56.5 Å². The van der Waals surface area contributed by atoms with Crippen molar-refractivity contribution in [1.29, 1.82) is 0 Å². The number of hydrogen-bond acceptors (Lipinski definition) is 5. The van der Waals surface area contributed by atoms with Crippen molar-refractivity contribution in [3.05, 3.63) is 78.4 Å². The van der Waals surface area contributed by atoms with Gasteiger partial charge in [0.05, 0.1) is 5.02 Å². The van der Waals surface area contributed by atoms with Crippen molar-refractivity contribution in [2.24, 2.45) is 0 Å². The molecule has 142 valence electrons. The molecule has 4 rings (SSSR count). The molecule has 0 saturated heterocycles. The third-order valence-electron chi connectivity index (χ3n) is 4.65. The number of benzene rings is 2. The highest BCUT2D eigenvalue weighted by atomic mass is 35.5. The number of esters is 1. The van der Waals surface area contributed by atoms with Crippen LogP contribution in [0, 0.1) is 13.8 Å². The van der Waals surface area contributed by atoms with Crippen LogP contribution in [-0.2, 0) is 11.3 Å². The van der Waals surface area contributed by atoms with Gasteiger partial charge in [0.2, 0.25) is 0 Å². The molecule has 0 aliphatic heterocycles. The van der Waals surface area contributed by atoms with Gasteiger partial charge in [0.15, 0.2) is 0 Å². The van der Waals surface area contributed by atoms with E-state index in [-0.39, 0.29) is 6.61 Å². The molecule has 0 bridgehead atoms. The van der Waals surface area contributed by atoms with Crippen LogP contribution in [0.4, 0.5) is 0 Å². The van der Waals surface area contributed by atoms with Crippen LogP contribution in [0.1, 0.15) is 26.4 Å². The van der Waals surface area contributed by atoms with Gasteiger partial charge in [0.25, 0.3) is 0 Å². The molecule has 28 heavy (non-hydrogen) atoms. The molecule has 7 heteroatoms. The summed E-state index contributed by atoms with van der Waals surface area (Å²) in [6, 6.07) is 10.4. The number of thiophene rings is 1. The molecular weight excluding hydrogens is 419 g/mol. The Kier molecular flexibility index (Phi) is 4.91. The number of aryl methyl sites for hydroxylation is 2. The lowest BCUT2D eigenvalue weighted by atomic mass is 10.0. The van der Waals surface area contributed by atoms with Crippen LogP contribution in [0.3, 0.4) is 0 Å². The molecule has 0 fully saturated rings. The summed E-state index contributed by atoms with van der Waals surface area (Å²) >= 11 is 13.6. The molecule has 2 aromatic carbocycles. The first-order chi connectivity index (χ1) is 13.3. The smallest absolute Gasteiger partial charge is 0.350 e. The van der Waals surface area contributed by atoms with Crippen LogP contribution >= 0.6 is 34.5 Å². The van der Waals surface area contributed by atoms with Gasteiger partial charge in [0, 0.05) is 32.1 Å². The molecule has 4 nitrogen and oxygen atoms in total. The van der Waals surface area contributed by atoms with Crippen LogP contribution in [0.2, 0.25) is 10.0 Å². The van der Waals surface area contributed by atoms with Crippen molar-refractivity contribution in [3.63, 3.8) is 0 Å². The van der Waals surface area contributed by atoms with Crippen molar-refractivity contribution >= 4 is 61.6 Å². The molecule has 0 aliphatic rings. The van der Waals surface area contributed by atoms with Gasteiger partial charge in [-0.25, -0.2) is 9.59 Å². The molecule has 4 aromatic rings. The second kappa shape index (κ2) is 7.24. The molecule has 2 heterocycles. The van der Waals surface area contributed by atoms with Gasteiger partial charge < -0.3 is 9.15 Å². The van der Waals surface area contributed by atoms with Crippen LogP contribution in [-0.4, -0.2) is 5.97 Å². The SMILES string of the molecule is Cc1ccc2c(COC(=O)c3sc4cc(Cl)ccc4c3Cl)cc(=O)oc2c1C. The summed E-state index contributed by atoms with van der Waals surface area (Å²) < 4.78 is 11.6. The maximum Gasteiger partial charge on any atom is 0.350 e. The van der Waals surface area contributed by atoms with Crippen LogP contribution in [0.25, 0.3) is 21.1 Å². The summed E-state index contributed by atoms with van der Waals surface area (Å²) in [7, 11) is 0. The third-order valence-corrected chi connectivity index (χ3v) is 6.53. The van der Waals surface area contributed by atoms with Gasteiger partial charge in [-0.05, 0) is 37.1 Å². The van der Waals surface area contributed by atoms with E-state index >= 15 is 0 Å². The molecule has 0 radical (unpaired) electrons. The Morgan fingerprint density at radius 2 is 1.86 bits per heavy atom. The minimum Gasteiger partial charge on any atom is -0.457 e. The van der Waals surface area contributed by atoms with Gasteiger partial charge in [-0.1, -0.05) is 41.4 Å². The van der Waals surface area contributed by atoms with Crippen LogP contribution in [0.15, 0.2) is 45.6 Å². The second-order valence-electron chi connectivity index (χ2n) is 6.44. The Labute approximate surface area is 174 Å². The van der Waals surface area contributed by atoms with Crippen molar-refractivity contribution in [1.82, 2.24) is 0 Å². The normalized spacial score (nSPS) is 11.3. The minimum atomic E-state index is -0.549. The van der Waals surface area contributed by atoms with E-state index in [1.807, 2.05) is 26.0 Å². The maximum atomic E-state index is 12.6. The maximum absolute atomic E-state index is 12.6. The Morgan fingerprint density at radius 1 is 1.11 bits per heavy atom. The number of carbonyl (C=O) groups is 1. The molecular formula is C21H14Cl2O4S. The predicted molar refractivity (Wildman–Crippen MR) is 113 cm³/mol. The second-order valence-corrected chi connectivity index (χ2v) is 8.30. The van der Waals surface area contributed by atoms with E-state index in [4.69, 9.17) is 32.4 Å². The number of fused-ring (bicyclic) bond motifs is 2. The van der Waals surface area contributed by atoms with E-state index in [0.717, 1.165) is 26.6 Å². The summed E-state index contributed by atoms with van der Waals surface area (Å²) in [4.78, 5) is 24.9. The van der Waals surface area contributed by atoms with E-state index in [1.54, 1.807) is 18.2 Å². The minimum absolute atomic E-state index is 0.0607. The van der Waals surface area contributed by atoms with Gasteiger partial charge in [0.1, 0.15) is 17.1 Å². The Bertz CT molecular complexity index is 1300. The zero-order valence-corrected chi connectivity index (χ0v) is 17.3. The van der Waals surface area contributed by atoms with Gasteiger partial charge in [-0.15, -0.1) is 11.3 Å². The van der Waals surface area contributed by atoms with E-state index in [2.05, 4.69) is 0 Å². The number of carbonyl (C=O) groups excluding carboxylic acids is 1. The fraction of sp³-hybridized carbons (Fsp3) is 0.143. The first-order valence-electron chi connectivity index (χ1n) is 8.43. The summed E-state index contributed by atoms with van der Waals surface area (Å²) in [5, 5.41) is 2.40. The summed E-state index contributed by atoms with van der Waals surface area (Å²) in [6.45, 7) is 3.77. The Morgan fingerprint density at radius 3 is 2.64 bits per heavy atom.